The van der Waals surface area contributed by atoms with Crippen molar-refractivity contribution in [2.45, 2.75) is 19.4 Å². The molecule has 15 heavy (non-hydrogen) atoms. The summed E-state index contributed by atoms with van der Waals surface area (Å²) in [6, 6.07) is 1.86. The maximum atomic E-state index is 11.7. The number of hydrogen-bond donors (Lipinski definition) is 2. The molecule has 1 amide bonds. The van der Waals surface area contributed by atoms with Crippen LogP contribution in [0.1, 0.15) is 18.4 Å². The Labute approximate surface area is 89.0 Å². The second kappa shape index (κ2) is 4.98. The van der Waals surface area contributed by atoms with E-state index in [-0.39, 0.29) is 11.8 Å². The fraction of sp³-hybridized carbons (Fsp3) is 0.545. The summed E-state index contributed by atoms with van der Waals surface area (Å²) in [7, 11) is 0. The molecular weight excluding hydrogens is 192 g/mol. The van der Waals surface area contributed by atoms with Crippen molar-refractivity contribution in [3.05, 3.63) is 24.2 Å². The van der Waals surface area contributed by atoms with E-state index in [9.17, 15) is 4.79 Å². The van der Waals surface area contributed by atoms with Crippen molar-refractivity contribution in [2.75, 3.05) is 13.1 Å². The molecule has 4 heteroatoms. The Morgan fingerprint density at radius 3 is 3.27 bits per heavy atom. The molecule has 1 aromatic rings. The van der Waals surface area contributed by atoms with Crippen LogP contribution in [0.2, 0.25) is 0 Å². The molecule has 0 unspecified atom stereocenters. The van der Waals surface area contributed by atoms with Gasteiger partial charge in [-0.25, -0.2) is 0 Å². The van der Waals surface area contributed by atoms with Gasteiger partial charge >= 0.3 is 0 Å². The van der Waals surface area contributed by atoms with Gasteiger partial charge in [-0.3, -0.25) is 4.79 Å². The second-order valence-corrected chi connectivity index (χ2v) is 3.89. The van der Waals surface area contributed by atoms with Crippen molar-refractivity contribution in [3.63, 3.8) is 0 Å². The van der Waals surface area contributed by atoms with Gasteiger partial charge in [0.2, 0.25) is 5.91 Å². The lowest BCUT2D eigenvalue weighted by atomic mass is 9.99. The van der Waals surface area contributed by atoms with Crippen LogP contribution in [0.25, 0.3) is 0 Å². The predicted molar refractivity (Wildman–Crippen MR) is 56.1 cm³/mol. The predicted octanol–water partition coefficient (Wildman–Crippen LogP) is 0.895. The number of furan rings is 1. The van der Waals surface area contributed by atoms with Crippen LogP contribution in [0.4, 0.5) is 0 Å². The molecule has 1 fully saturated rings. The zero-order valence-electron chi connectivity index (χ0n) is 8.66. The zero-order valence-corrected chi connectivity index (χ0v) is 8.66. The minimum absolute atomic E-state index is 0.130. The molecule has 2 heterocycles. The van der Waals surface area contributed by atoms with Gasteiger partial charge in [0, 0.05) is 18.7 Å². The first-order chi connectivity index (χ1) is 7.36. The maximum absolute atomic E-state index is 11.7. The van der Waals surface area contributed by atoms with E-state index in [1.165, 1.54) is 0 Å². The van der Waals surface area contributed by atoms with Crippen LogP contribution in [-0.2, 0) is 11.3 Å². The van der Waals surface area contributed by atoms with Crippen molar-refractivity contribution in [1.82, 2.24) is 10.6 Å². The second-order valence-electron chi connectivity index (χ2n) is 3.89. The molecule has 0 bridgehead atoms. The van der Waals surface area contributed by atoms with Crippen LogP contribution in [0, 0.1) is 5.92 Å². The summed E-state index contributed by atoms with van der Waals surface area (Å²) in [6.45, 7) is 2.40. The van der Waals surface area contributed by atoms with Crippen molar-refractivity contribution >= 4 is 5.91 Å². The fourth-order valence-electron chi connectivity index (χ4n) is 1.80. The van der Waals surface area contributed by atoms with Crippen molar-refractivity contribution in [3.8, 4) is 0 Å². The van der Waals surface area contributed by atoms with Gasteiger partial charge in [0.05, 0.1) is 18.4 Å². The minimum atomic E-state index is 0.130. The summed E-state index contributed by atoms with van der Waals surface area (Å²) in [5.41, 5.74) is 1.01. The molecule has 0 aliphatic carbocycles. The first kappa shape index (κ1) is 10.2. The number of carbonyl (C=O) groups excluding carboxylic acids is 1. The molecule has 2 rings (SSSR count). The van der Waals surface area contributed by atoms with Gasteiger partial charge < -0.3 is 15.1 Å². The quantitative estimate of drug-likeness (QED) is 0.775. The first-order valence-corrected chi connectivity index (χ1v) is 5.36. The van der Waals surface area contributed by atoms with Crippen LogP contribution in [0.5, 0.6) is 0 Å². The van der Waals surface area contributed by atoms with Crippen molar-refractivity contribution in [1.29, 1.82) is 0 Å². The van der Waals surface area contributed by atoms with Crippen LogP contribution in [0.3, 0.4) is 0 Å². The number of hydrogen-bond acceptors (Lipinski definition) is 3. The van der Waals surface area contributed by atoms with E-state index in [1.54, 1.807) is 12.5 Å². The Kier molecular flexibility index (Phi) is 3.40. The van der Waals surface area contributed by atoms with Crippen molar-refractivity contribution in [2.24, 2.45) is 5.92 Å². The highest BCUT2D eigenvalue weighted by atomic mass is 16.3. The van der Waals surface area contributed by atoms with Crippen molar-refractivity contribution < 1.29 is 9.21 Å². The molecule has 1 aromatic heterocycles. The molecular formula is C11H16N2O2. The Morgan fingerprint density at radius 2 is 2.60 bits per heavy atom. The van der Waals surface area contributed by atoms with E-state index in [2.05, 4.69) is 10.6 Å². The number of amides is 1. The third-order valence-corrected chi connectivity index (χ3v) is 2.71. The van der Waals surface area contributed by atoms with Gasteiger partial charge in [-0.1, -0.05) is 0 Å². The van der Waals surface area contributed by atoms with E-state index in [0.29, 0.717) is 6.54 Å². The van der Waals surface area contributed by atoms with Gasteiger partial charge in [-0.15, -0.1) is 0 Å². The number of rotatable bonds is 3. The average molecular weight is 208 g/mol. The first-order valence-electron chi connectivity index (χ1n) is 5.36. The van der Waals surface area contributed by atoms with Gasteiger partial charge in [-0.05, 0) is 25.5 Å². The summed E-state index contributed by atoms with van der Waals surface area (Å²) in [5.74, 6) is 0.272. The van der Waals surface area contributed by atoms with Gasteiger partial charge in [0.15, 0.2) is 0 Å². The third-order valence-electron chi connectivity index (χ3n) is 2.71. The summed E-state index contributed by atoms with van der Waals surface area (Å²) in [5, 5.41) is 6.15. The SMILES string of the molecule is O=C(NCc1ccoc1)[C@H]1CCCNC1. The van der Waals surface area contributed by atoms with E-state index >= 15 is 0 Å². The number of nitrogens with one attached hydrogen (secondary N) is 2. The Bertz CT molecular complexity index is 302. The number of carbonyl (C=O) groups is 1. The smallest absolute Gasteiger partial charge is 0.224 e. The highest BCUT2D eigenvalue weighted by molar-refractivity contribution is 5.78. The molecule has 2 N–H and O–H groups in total. The summed E-state index contributed by atoms with van der Waals surface area (Å²) >= 11 is 0. The topological polar surface area (TPSA) is 54.3 Å². The molecule has 1 aliphatic heterocycles. The summed E-state index contributed by atoms with van der Waals surface area (Å²) < 4.78 is 4.93. The standard InChI is InChI=1S/C11H16N2O2/c14-11(10-2-1-4-12-7-10)13-6-9-3-5-15-8-9/h3,5,8,10,12H,1-2,4,6-7H2,(H,13,14)/t10-/m0/s1. The van der Waals surface area contributed by atoms with Crippen LogP contribution >= 0.6 is 0 Å². The molecule has 0 radical (unpaired) electrons. The monoisotopic (exact) mass is 208 g/mol. The van der Waals surface area contributed by atoms with Crippen LogP contribution in [-0.4, -0.2) is 19.0 Å². The molecule has 0 spiro atoms. The van der Waals surface area contributed by atoms with Gasteiger partial charge in [0.1, 0.15) is 0 Å². The van der Waals surface area contributed by atoms with E-state index in [1.807, 2.05) is 6.07 Å². The third kappa shape index (κ3) is 2.83. The Balaban J connectivity index is 1.76. The summed E-state index contributed by atoms with van der Waals surface area (Å²) in [6.07, 6.45) is 5.34. The highest BCUT2D eigenvalue weighted by Gasteiger charge is 2.20. The van der Waals surface area contributed by atoms with Gasteiger partial charge in [-0.2, -0.15) is 0 Å². The lowest BCUT2D eigenvalue weighted by Crippen LogP contribution is -2.40. The van der Waals surface area contributed by atoms with Crippen LogP contribution in [0.15, 0.2) is 23.0 Å². The summed E-state index contributed by atoms with van der Waals surface area (Å²) in [4.78, 5) is 11.7. The minimum Gasteiger partial charge on any atom is -0.472 e. The van der Waals surface area contributed by atoms with Gasteiger partial charge in [0.25, 0.3) is 0 Å². The normalized spacial score (nSPS) is 21.2. The van der Waals surface area contributed by atoms with Crippen LogP contribution < -0.4 is 10.6 Å². The van der Waals surface area contributed by atoms with E-state index in [0.717, 1.165) is 31.5 Å². The number of piperidine rings is 1. The lowest BCUT2D eigenvalue weighted by Gasteiger charge is -2.21. The molecule has 1 atom stereocenters. The Hall–Kier alpha value is -1.29. The largest absolute Gasteiger partial charge is 0.472 e. The maximum Gasteiger partial charge on any atom is 0.224 e. The highest BCUT2D eigenvalue weighted by Crippen LogP contribution is 2.10. The zero-order chi connectivity index (χ0) is 10.5. The molecule has 0 saturated carbocycles. The molecule has 0 aromatic carbocycles. The molecule has 1 aliphatic rings. The molecule has 82 valence electrons. The van der Waals surface area contributed by atoms with E-state index < -0.39 is 0 Å². The molecule has 4 nitrogen and oxygen atoms in total. The molecule has 1 saturated heterocycles. The fourth-order valence-corrected chi connectivity index (χ4v) is 1.80. The lowest BCUT2D eigenvalue weighted by molar-refractivity contribution is -0.125. The van der Waals surface area contributed by atoms with E-state index in [4.69, 9.17) is 4.42 Å². The average Bonchev–Trinajstić information content (AvgIpc) is 2.80. The Morgan fingerprint density at radius 1 is 1.67 bits per heavy atom.